The topological polar surface area (TPSA) is 86.1 Å². The fourth-order valence-corrected chi connectivity index (χ4v) is 4.32. The second-order valence-electron chi connectivity index (χ2n) is 5.84. The van der Waals surface area contributed by atoms with Gasteiger partial charge in [0.05, 0.1) is 40.5 Å². The number of hydrogen-bond acceptors (Lipinski definition) is 7. The van der Waals surface area contributed by atoms with Gasteiger partial charge in [0.15, 0.2) is 5.65 Å². The third-order valence-electron chi connectivity index (χ3n) is 4.21. The van der Waals surface area contributed by atoms with Crippen molar-refractivity contribution in [2.75, 3.05) is 12.4 Å². The molecule has 0 atom stereocenters. The number of pyridine rings is 1. The van der Waals surface area contributed by atoms with Gasteiger partial charge in [-0.3, -0.25) is 4.79 Å². The summed E-state index contributed by atoms with van der Waals surface area (Å²) >= 11 is 2.77. The molecule has 0 aliphatic rings. The van der Waals surface area contributed by atoms with Gasteiger partial charge in [0, 0.05) is 6.54 Å². The van der Waals surface area contributed by atoms with Crippen LogP contribution in [0.1, 0.15) is 27.0 Å². The molecule has 0 saturated heterocycles. The maximum atomic E-state index is 13.1. The van der Waals surface area contributed by atoms with E-state index in [1.54, 1.807) is 39.7 Å². The molecule has 0 bridgehead atoms. The fraction of sp³-hybridized carbons (Fsp3) is 0.158. The van der Waals surface area contributed by atoms with E-state index in [2.05, 4.69) is 10.4 Å². The number of ether oxygens (including phenoxy) is 1. The Kier molecular flexibility index (Phi) is 4.93. The lowest BCUT2D eigenvalue weighted by Gasteiger charge is -2.09. The second-order valence-corrected chi connectivity index (χ2v) is 7.70. The Bertz CT molecular complexity index is 1160. The van der Waals surface area contributed by atoms with E-state index in [-0.39, 0.29) is 5.91 Å². The monoisotopic (exact) mass is 412 g/mol. The minimum atomic E-state index is -0.483. The van der Waals surface area contributed by atoms with E-state index in [4.69, 9.17) is 9.72 Å². The first-order chi connectivity index (χ1) is 13.6. The molecule has 4 aromatic heterocycles. The lowest BCUT2D eigenvalue weighted by Crippen LogP contribution is -2.15. The van der Waals surface area contributed by atoms with E-state index in [1.165, 1.54) is 18.4 Å². The summed E-state index contributed by atoms with van der Waals surface area (Å²) in [4.78, 5) is 31.0. The van der Waals surface area contributed by atoms with Crippen LogP contribution in [0.25, 0.3) is 21.6 Å². The zero-order valence-electron chi connectivity index (χ0n) is 15.1. The molecule has 142 valence electrons. The van der Waals surface area contributed by atoms with Crippen LogP contribution in [0.3, 0.4) is 0 Å². The van der Waals surface area contributed by atoms with Crippen molar-refractivity contribution < 1.29 is 14.3 Å². The third kappa shape index (κ3) is 3.19. The van der Waals surface area contributed by atoms with E-state index in [1.807, 2.05) is 24.4 Å². The lowest BCUT2D eigenvalue weighted by atomic mass is 10.1. The van der Waals surface area contributed by atoms with Crippen LogP contribution in [0.15, 0.2) is 41.2 Å². The highest BCUT2D eigenvalue weighted by molar-refractivity contribution is 7.13. The lowest BCUT2D eigenvalue weighted by molar-refractivity contribution is 0.0607. The van der Waals surface area contributed by atoms with Gasteiger partial charge < -0.3 is 10.1 Å². The summed E-state index contributed by atoms with van der Waals surface area (Å²) in [5.74, 6) is -0.812. The van der Waals surface area contributed by atoms with Crippen LogP contribution in [-0.4, -0.2) is 33.8 Å². The minimum Gasteiger partial charge on any atom is -0.465 e. The average molecular weight is 412 g/mol. The largest absolute Gasteiger partial charge is 0.465 e. The highest BCUT2D eigenvalue weighted by Gasteiger charge is 2.20. The number of esters is 1. The van der Waals surface area contributed by atoms with Crippen molar-refractivity contribution in [3.05, 3.63) is 51.7 Å². The SMILES string of the molecule is CCn1ncc2c(C(=O)Nc3ccsc3C(=O)OC)cc(-c3cccs3)nc21. The molecule has 0 radical (unpaired) electrons. The number of aromatic nitrogens is 3. The van der Waals surface area contributed by atoms with E-state index < -0.39 is 5.97 Å². The Morgan fingerprint density at radius 2 is 2.11 bits per heavy atom. The molecule has 0 aliphatic carbocycles. The first kappa shape index (κ1) is 18.3. The van der Waals surface area contributed by atoms with Crippen molar-refractivity contribution in [3.8, 4) is 10.6 Å². The number of carbonyl (C=O) groups is 2. The van der Waals surface area contributed by atoms with Gasteiger partial charge in [0.2, 0.25) is 0 Å². The molecule has 7 nitrogen and oxygen atoms in total. The summed E-state index contributed by atoms with van der Waals surface area (Å²) in [5, 5.41) is 11.5. The van der Waals surface area contributed by atoms with Crippen LogP contribution in [0.4, 0.5) is 5.69 Å². The molecular formula is C19H16N4O3S2. The highest BCUT2D eigenvalue weighted by atomic mass is 32.1. The van der Waals surface area contributed by atoms with Crippen LogP contribution in [0.5, 0.6) is 0 Å². The molecule has 4 rings (SSSR count). The van der Waals surface area contributed by atoms with Crippen molar-refractivity contribution in [2.24, 2.45) is 0 Å². The Labute approximate surface area is 168 Å². The number of aryl methyl sites for hydroxylation is 1. The van der Waals surface area contributed by atoms with Crippen LogP contribution < -0.4 is 5.32 Å². The molecule has 1 N–H and O–H groups in total. The van der Waals surface area contributed by atoms with Crippen LogP contribution in [-0.2, 0) is 11.3 Å². The zero-order valence-corrected chi connectivity index (χ0v) is 16.8. The van der Waals surface area contributed by atoms with Crippen molar-refractivity contribution in [1.82, 2.24) is 14.8 Å². The number of nitrogens with one attached hydrogen (secondary N) is 1. The van der Waals surface area contributed by atoms with Gasteiger partial charge in [-0.1, -0.05) is 6.07 Å². The number of carbonyl (C=O) groups excluding carboxylic acids is 2. The van der Waals surface area contributed by atoms with Crippen molar-refractivity contribution in [1.29, 1.82) is 0 Å². The minimum absolute atomic E-state index is 0.329. The van der Waals surface area contributed by atoms with E-state index in [9.17, 15) is 9.59 Å². The Hall–Kier alpha value is -3.04. The van der Waals surface area contributed by atoms with E-state index >= 15 is 0 Å². The van der Waals surface area contributed by atoms with Gasteiger partial charge in [0.1, 0.15) is 4.88 Å². The average Bonchev–Trinajstić information content (AvgIpc) is 3.46. The molecular weight excluding hydrogens is 396 g/mol. The van der Waals surface area contributed by atoms with Gasteiger partial charge >= 0.3 is 5.97 Å². The summed E-state index contributed by atoms with van der Waals surface area (Å²) < 4.78 is 6.53. The van der Waals surface area contributed by atoms with Gasteiger partial charge in [-0.25, -0.2) is 14.5 Å². The maximum Gasteiger partial charge on any atom is 0.350 e. The standard InChI is InChI=1S/C19H16N4O3S2/c1-3-23-17-12(10-20-23)11(9-14(21-17)15-5-4-7-27-15)18(24)22-13-6-8-28-16(13)19(25)26-2/h4-10H,3H2,1-2H3,(H,22,24). The second kappa shape index (κ2) is 7.53. The molecule has 0 fully saturated rings. The fourth-order valence-electron chi connectivity index (χ4n) is 2.87. The molecule has 0 aromatic carbocycles. The molecule has 9 heteroatoms. The summed E-state index contributed by atoms with van der Waals surface area (Å²) in [5.41, 5.74) is 2.24. The van der Waals surface area contributed by atoms with Crippen molar-refractivity contribution >= 4 is 51.3 Å². The van der Waals surface area contributed by atoms with Crippen LogP contribution in [0, 0.1) is 0 Å². The number of rotatable bonds is 5. The number of amides is 1. The molecule has 1 amide bonds. The van der Waals surface area contributed by atoms with Gasteiger partial charge in [-0.05, 0) is 35.9 Å². The Balaban J connectivity index is 1.79. The molecule has 0 aliphatic heterocycles. The molecule has 28 heavy (non-hydrogen) atoms. The zero-order chi connectivity index (χ0) is 19.7. The number of thiophene rings is 2. The molecule has 4 heterocycles. The van der Waals surface area contributed by atoms with E-state index in [0.717, 1.165) is 4.88 Å². The maximum absolute atomic E-state index is 13.1. The van der Waals surface area contributed by atoms with Crippen molar-refractivity contribution in [2.45, 2.75) is 13.5 Å². The van der Waals surface area contributed by atoms with Crippen molar-refractivity contribution in [3.63, 3.8) is 0 Å². The number of methoxy groups -OCH3 is 1. The van der Waals surface area contributed by atoms with Gasteiger partial charge in [0.25, 0.3) is 5.91 Å². The normalized spacial score (nSPS) is 10.9. The molecule has 0 saturated carbocycles. The third-order valence-corrected chi connectivity index (χ3v) is 6.00. The predicted molar refractivity (Wildman–Crippen MR) is 110 cm³/mol. The first-order valence-electron chi connectivity index (χ1n) is 8.50. The number of hydrogen-bond donors (Lipinski definition) is 1. The summed E-state index contributed by atoms with van der Waals surface area (Å²) in [6, 6.07) is 7.34. The van der Waals surface area contributed by atoms with Gasteiger partial charge in [-0.2, -0.15) is 5.10 Å². The smallest absolute Gasteiger partial charge is 0.350 e. The molecule has 0 unspecified atom stereocenters. The summed E-state index contributed by atoms with van der Waals surface area (Å²) in [6.45, 7) is 2.61. The quantitative estimate of drug-likeness (QED) is 0.495. The number of nitrogens with zero attached hydrogens (tertiary/aromatic N) is 3. The summed E-state index contributed by atoms with van der Waals surface area (Å²) in [6.07, 6.45) is 1.65. The Morgan fingerprint density at radius 3 is 2.82 bits per heavy atom. The number of fused-ring (bicyclic) bond motifs is 1. The molecule has 4 aromatic rings. The number of anilines is 1. The predicted octanol–water partition coefficient (Wildman–Crippen LogP) is 4.28. The van der Waals surface area contributed by atoms with Crippen LogP contribution in [0.2, 0.25) is 0 Å². The van der Waals surface area contributed by atoms with E-state index in [0.29, 0.717) is 39.4 Å². The first-order valence-corrected chi connectivity index (χ1v) is 10.3. The highest BCUT2D eigenvalue weighted by Crippen LogP contribution is 2.29. The molecule has 0 spiro atoms. The summed E-state index contributed by atoms with van der Waals surface area (Å²) in [7, 11) is 1.31. The van der Waals surface area contributed by atoms with Crippen LogP contribution >= 0.6 is 22.7 Å². The van der Waals surface area contributed by atoms with Gasteiger partial charge in [-0.15, -0.1) is 22.7 Å². The Morgan fingerprint density at radius 1 is 1.25 bits per heavy atom.